The molecule has 0 N–H and O–H groups in total. The summed E-state index contributed by atoms with van der Waals surface area (Å²) in [6, 6.07) is 15.4. The SMILES string of the molecule is O=c1c2ccccc2n(CCCCSc2ccncc2)c(=O)n1CCCCSc1ccncc1. The van der Waals surface area contributed by atoms with E-state index in [1.807, 2.05) is 48.5 Å². The third-order valence-corrected chi connectivity index (χ3v) is 7.72. The fraction of sp³-hybridized carbons (Fsp3) is 0.308. The minimum atomic E-state index is -0.202. The van der Waals surface area contributed by atoms with Crippen molar-refractivity contribution in [1.82, 2.24) is 19.1 Å². The Morgan fingerprint density at radius 3 is 1.76 bits per heavy atom. The topological polar surface area (TPSA) is 69.8 Å². The van der Waals surface area contributed by atoms with Crippen molar-refractivity contribution in [3.63, 3.8) is 0 Å². The van der Waals surface area contributed by atoms with E-state index < -0.39 is 0 Å². The van der Waals surface area contributed by atoms with Gasteiger partial charge in [-0.3, -0.25) is 23.9 Å². The molecule has 34 heavy (non-hydrogen) atoms. The number of thioether (sulfide) groups is 2. The van der Waals surface area contributed by atoms with Crippen LogP contribution in [0.1, 0.15) is 25.7 Å². The van der Waals surface area contributed by atoms with Crippen molar-refractivity contribution in [2.24, 2.45) is 0 Å². The van der Waals surface area contributed by atoms with Crippen LogP contribution >= 0.6 is 23.5 Å². The summed E-state index contributed by atoms with van der Waals surface area (Å²) in [6.07, 6.45) is 10.8. The minimum absolute atomic E-state index is 0.188. The second-order valence-electron chi connectivity index (χ2n) is 7.89. The van der Waals surface area contributed by atoms with Gasteiger partial charge in [-0.2, -0.15) is 0 Å². The molecule has 0 saturated carbocycles. The zero-order valence-electron chi connectivity index (χ0n) is 19.0. The van der Waals surface area contributed by atoms with E-state index in [4.69, 9.17) is 0 Å². The van der Waals surface area contributed by atoms with Crippen LogP contribution in [0.4, 0.5) is 0 Å². The number of para-hydroxylation sites is 1. The quantitative estimate of drug-likeness (QED) is 0.202. The Balaban J connectivity index is 1.38. The van der Waals surface area contributed by atoms with E-state index in [0.717, 1.165) is 42.7 Å². The van der Waals surface area contributed by atoms with Crippen molar-refractivity contribution < 1.29 is 0 Å². The molecule has 0 radical (unpaired) electrons. The van der Waals surface area contributed by atoms with E-state index in [2.05, 4.69) is 9.97 Å². The molecule has 0 aliphatic carbocycles. The molecule has 8 heteroatoms. The van der Waals surface area contributed by atoms with Gasteiger partial charge in [0.05, 0.1) is 10.9 Å². The van der Waals surface area contributed by atoms with Gasteiger partial charge in [0.15, 0.2) is 0 Å². The summed E-state index contributed by atoms with van der Waals surface area (Å²) in [5.41, 5.74) is 0.336. The molecule has 0 saturated heterocycles. The van der Waals surface area contributed by atoms with Gasteiger partial charge in [-0.05, 0) is 73.6 Å². The first-order valence-corrected chi connectivity index (χ1v) is 13.5. The maximum atomic E-state index is 13.3. The first-order valence-electron chi connectivity index (χ1n) is 11.5. The van der Waals surface area contributed by atoms with Crippen LogP contribution in [0.15, 0.2) is 92.7 Å². The number of hydrogen-bond acceptors (Lipinski definition) is 6. The third-order valence-electron chi connectivity index (χ3n) is 5.52. The molecule has 0 amide bonds. The highest BCUT2D eigenvalue weighted by Gasteiger charge is 2.12. The van der Waals surface area contributed by atoms with Crippen LogP contribution in [0.2, 0.25) is 0 Å². The monoisotopic (exact) mass is 492 g/mol. The molecule has 3 heterocycles. The lowest BCUT2D eigenvalue weighted by atomic mass is 10.2. The van der Waals surface area contributed by atoms with Crippen molar-refractivity contribution in [2.45, 2.75) is 48.6 Å². The van der Waals surface area contributed by atoms with Gasteiger partial charge in [-0.25, -0.2) is 4.79 Å². The first kappa shape index (κ1) is 24.3. The number of aryl methyl sites for hydroxylation is 1. The fourth-order valence-electron chi connectivity index (χ4n) is 3.78. The Morgan fingerprint density at radius 1 is 0.647 bits per heavy atom. The molecule has 1 aromatic carbocycles. The molecule has 0 aliphatic heterocycles. The molecule has 6 nitrogen and oxygen atoms in total. The maximum Gasteiger partial charge on any atom is 0.331 e. The van der Waals surface area contributed by atoms with E-state index in [1.54, 1.807) is 52.9 Å². The second-order valence-corrected chi connectivity index (χ2v) is 10.2. The van der Waals surface area contributed by atoms with Gasteiger partial charge in [0.2, 0.25) is 0 Å². The molecule has 4 aromatic rings. The van der Waals surface area contributed by atoms with Gasteiger partial charge in [0.25, 0.3) is 5.56 Å². The molecule has 0 unspecified atom stereocenters. The highest BCUT2D eigenvalue weighted by Crippen LogP contribution is 2.19. The van der Waals surface area contributed by atoms with Crippen molar-refractivity contribution >= 4 is 34.4 Å². The molecule has 3 aromatic heterocycles. The second kappa shape index (κ2) is 12.6. The highest BCUT2D eigenvalue weighted by atomic mass is 32.2. The number of benzene rings is 1. The predicted molar refractivity (Wildman–Crippen MR) is 141 cm³/mol. The normalized spacial score (nSPS) is 11.2. The van der Waals surface area contributed by atoms with Crippen molar-refractivity contribution in [3.8, 4) is 0 Å². The highest BCUT2D eigenvalue weighted by molar-refractivity contribution is 7.99. The molecular weight excluding hydrogens is 464 g/mol. The first-order chi connectivity index (χ1) is 16.7. The summed E-state index contributed by atoms with van der Waals surface area (Å²) < 4.78 is 3.20. The predicted octanol–water partition coefficient (Wildman–Crippen LogP) is 5.10. The van der Waals surface area contributed by atoms with Crippen LogP contribution in [0.5, 0.6) is 0 Å². The van der Waals surface area contributed by atoms with E-state index in [0.29, 0.717) is 18.5 Å². The Kier molecular flexibility index (Phi) is 8.98. The molecule has 0 bridgehead atoms. The van der Waals surface area contributed by atoms with E-state index in [1.165, 1.54) is 14.4 Å². The molecule has 4 rings (SSSR count). The molecule has 0 atom stereocenters. The number of aromatic nitrogens is 4. The molecule has 176 valence electrons. The standard InChI is InChI=1S/C26H28N4O2S2/c31-25-23-7-1-2-8-24(23)29(17-3-5-19-33-21-9-13-27-14-10-21)26(32)30(25)18-4-6-20-34-22-11-15-28-16-12-22/h1-2,7-16H,3-6,17-20H2. The summed E-state index contributed by atoms with van der Waals surface area (Å²) in [5.74, 6) is 1.92. The number of unbranched alkanes of at least 4 members (excludes halogenated alkanes) is 2. The summed E-state index contributed by atoms with van der Waals surface area (Å²) in [6.45, 7) is 1.05. The molecule has 0 aliphatic rings. The van der Waals surface area contributed by atoms with Gasteiger partial charge >= 0.3 is 5.69 Å². The van der Waals surface area contributed by atoms with Crippen LogP contribution < -0.4 is 11.2 Å². The lowest BCUT2D eigenvalue weighted by molar-refractivity contribution is 0.534. The largest absolute Gasteiger partial charge is 0.331 e. The Morgan fingerprint density at radius 2 is 1.18 bits per heavy atom. The number of fused-ring (bicyclic) bond motifs is 1. The van der Waals surface area contributed by atoms with Crippen molar-refractivity contribution in [2.75, 3.05) is 11.5 Å². The van der Waals surface area contributed by atoms with E-state index >= 15 is 0 Å². The van der Waals surface area contributed by atoms with Crippen LogP contribution in [0.25, 0.3) is 10.9 Å². The maximum absolute atomic E-state index is 13.3. The summed E-state index contributed by atoms with van der Waals surface area (Å²) in [4.78, 5) is 36.8. The number of rotatable bonds is 12. The average molecular weight is 493 g/mol. The lowest BCUT2D eigenvalue weighted by Gasteiger charge is -2.14. The number of pyridine rings is 2. The zero-order valence-corrected chi connectivity index (χ0v) is 20.6. The fourth-order valence-corrected chi connectivity index (χ4v) is 5.57. The van der Waals surface area contributed by atoms with Crippen molar-refractivity contribution in [1.29, 1.82) is 0 Å². The Hall–Kier alpha value is -2.84. The van der Waals surface area contributed by atoms with E-state index in [9.17, 15) is 9.59 Å². The van der Waals surface area contributed by atoms with Gasteiger partial charge < -0.3 is 0 Å². The third kappa shape index (κ3) is 6.39. The van der Waals surface area contributed by atoms with Crippen LogP contribution in [0.3, 0.4) is 0 Å². The van der Waals surface area contributed by atoms with Crippen LogP contribution in [-0.4, -0.2) is 30.6 Å². The number of hydrogen-bond donors (Lipinski definition) is 0. The van der Waals surface area contributed by atoms with Gasteiger partial charge in [0.1, 0.15) is 0 Å². The molecule has 0 spiro atoms. The number of nitrogens with zero attached hydrogens (tertiary/aromatic N) is 4. The molecule has 0 fully saturated rings. The summed E-state index contributed by atoms with van der Waals surface area (Å²) in [7, 11) is 0. The van der Waals surface area contributed by atoms with E-state index in [-0.39, 0.29) is 11.2 Å². The van der Waals surface area contributed by atoms with Gasteiger partial charge in [-0.15, -0.1) is 23.5 Å². The Bertz CT molecular complexity index is 1310. The van der Waals surface area contributed by atoms with Gasteiger partial charge in [0, 0.05) is 47.7 Å². The smallest absolute Gasteiger partial charge is 0.293 e. The lowest BCUT2D eigenvalue weighted by Crippen LogP contribution is -2.40. The summed E-state index contributed by atoms with van der Waals surface area (Å²) in [5, 5.41) is 0.611. The Labute approximate surface area is 207 Å². The average Bonchev–Trinajstić information content (AvgIpc) is 2.88. The molecular formula is C26H28N4O2S2. The zero-order chi connectivity index (χ0) is 23.6. The van der Waals surface area contributed by atoms with Crippen LogP contribution in [0, 0.1) is 0 Å². The van der Waals surface area contributed by atoms with Crippen LogP contribution in [-0.2, 0) is 13.1 Å². The van der Waals surface area contributed by atoms with Crippen molar-refractivity contribution in [3.05, 3.63) is 94.2 Å². The van der Waals surface area contributed by atoms with Gasteiger partial charge in [-0.1, -0.05) is 12.1 Å². The summed E-state index contributed by atoms with van der Waals surface area (Å²) >= 11 is 3.56. The minimum Gasteiger partial charge on any atom is -0.293 e.